The molecule has 3 heteroatoms. The summed E-state index contributed by atoms with van der Waals surface area (Å²) < 4.78 is 13.0. The van der Waals surface area contributed by atoms with Crippen LogP contribution >= 0.6 is 11.6 Å². The van der Waals surface area contributed by atoms with Gasteiger partial charge in [0, 0.05) is 12.1 Å². The molecule has 2 aromatic carbocycles. The third-order valence-corrected chi connectivity index (χ3v) is 2.82. The molecule has 2 aromatic rings. The van der Waals surface area contributed by atoms with Gasteiger partial charge in [-0.2, -0.15) is 0 Å². The van der Waals surface area contributed by atoms with Crippen molar-refractivity contribution in [1.82, 2.24) is 5.32 Å². The monoisotopic (exact) mass is 273 g/mol. The molecule has 1 nitrogen and oxygen atoms in total. The van der Waals surface area contributed by atoms with Crippen molar-refractivity contribution in [3.8, 4) is 11.8 Å². The second kappa shape index (κ2) is 6.94. The lowest BCUT2D eigenvalue weighted by atomic mass is 10.2. The van der Waals surface area contributed by atoms with Crippen LogP contribution in [0.4, 0.5) is 4.39 Å². The van der Waals surface area contributed by atoms with Crippen LogP contribution in [0.3, 0.4) is 0 Å². The Kier molecular flexibility index (Phi) is 4.97. The average molecular weight is 274 g/mol. The SMILES string of the molecule is Fc1ccc(CNCC#Cc2ccccc2)cc1Cl. The van der Waals surface area contributed by atoms with Gasteiger partial charge in [-0.15, -0.1) is 0 Å². The van der Waals surface area contributed by atoms with E-state index in [1.54, 1.807) is 12.1 Å². The Balaban J connectivity index is 1.81. The molecule has 0 aliphatic rings. The summed E-state index contributed by atoms with van der Waals surface area (Å²) in [6.45, 7) is 1.19. The summed E-state index contributed by atoms with van der Waals surface area (Å²) in [5.74, 6) is 5.69. The van der Waals surface area contributed by atoms with Gasteiger partial charge in [0.15, 0.2) is 0 Å². The van der Waals surface area contributed by atoms with Crippen LogP contribution in [0.1, 0.15) is 11.1 Å². The number of rotatable bonds is 3. The molecule has 0 heterocycles. The Bertz CT molecular complexity index is 599. The molecule has 1 N–H and O–H groups in total. The van der Waals surface area contributed by atoms with Crippen LogP contribution in [0.15, 0.2) is 48.5 Å². The van der Waals surface area contributed by atoms with E-state index in [9.17, 15) is 4.39 Å². The highest BCUT2D eigenvalue weighted by Crippen LogP contribution is 2.15. The van der Waals surface area contributed by atoms with Crippen LogP contribution in [-0.2, 0) is 6.54 Å². The van der Waals surface area contributed by atoms with Gasteiger partial charge in [0.25, 0.3) is 0 Å². The molecular formula is C16H13ClFN. The van der Waals surface area contributed by atoms with Crippen molar-refractivity contribution in [2.75, 3.05) is 6.54 Å². The normalized spacial score (nSPS) is 9.79. The molecule has 0 spiro atoms. The molecular weight excluding hydrogens is 261 g/mol. The van der Waals surface area contributed by atoms with E-state index in [2.05, 4.69) is 17.2 Å². The Hall–Kier alpha value is -1.82. The maximum atomic E-state index is 13.0. The average Bonchev–Trinajstić information content (AvgIpc) is 2.43. The highest BCUT2D eigenvalue weighted by Gasteiger charge is 1.99. The summed E-state index contributed by atoms with van der Waals surface area (Å²) in [6.07, 6.45) is 0. The molecule has 2 rings (SSSR count). The Morgan fingerprint density at radius 1 is 1.11 bits per heavy atom. The van der Waals surface area contributed by atoms with Crippen molar-refractivity contribution in [2.24, 2.45) is 0 Å². The van der Waals surface area contributed by atoms with Crippen LogP contribution in [0.2, 0.25) is 5.02 Å². The topological polar surface area (TPSA) is 12.0 Å². The predicted molar refractivity (Wildman–Crippen MR) is 76.4 cm³/mol. The van der Waals surface area contributed by atoms with Gasteiger partial charge in [-0.25, -0.2) is 4.39 Å². The quantitative estimate of drug-likeness (QED) is 0.665. The van der Waals surface area contributed by atoms with Gasteiger partial charge in [-0.05, 0) is 29.8 Å². The minimum Gasteiger partial charge on any atom is -0.302 e. The first-order valence-corrected chi connectivity index (χ1v) is 6.32. The van der Waals surface area contributed by atoms with Crippen molar-refractivity contribution in [3.63, 3.8) is 0 Å². The second-order valence-electron chi connectivity index (χ2n) is 4.02. The lowest BCUT2D eigenvalue weighted by Crippen LogP contribution is -2.13. The van der Waals surface area contributed by atoms with Crippen LogP contribution in [0.5, 0.6) is 0 Å². The van der Waals surface area contributed by atoms with E-state index in [0.717, 1.165) is 11.1 Å². The van der Waals surface area contributed by atoms with E-state index >= 15 is 0 Å². The highest BCUT2D eigenvalue weighted by atomic mass is 35.5. The Labute approximate surface area is 117 Å². The molecule has 0 aromatic heterocycles. The molecule has 0 saturated carbocycles. The van der Waals surface area contributed by atoms with E-state index in [4.69, 9.17) is 11.6 Å². The summed E-state index contributed by atoms with van der Waals surface area (Å²) in [5.41, 5.74) is 1.93. The largest absolute Gasteiger partial charge is 0.302 e. The number of halogens is 2. The molecule has 0 saturated heterocycles. The maximum Gasteiger partial charge on any atom is 0.141 e. The number of benzene rings is 2. The Morgan fingerprint density at radius 3 is 2.63 bits per heavy atom. The fourth-order valence-corrected chi connectivity index (χ4v) is 1.79. The van der Waals surface area contributed by atoms with Gasteiger partial charge < -0.3 is 5.32 Å². The fourth-order valence-electron chi connectivity index (χ4n) is 1.59. The molecule has 0 atom stereocenters. The van der Waals surface area contributed by atoms with Gasteiger partial charge in [0.2, 0.25) is 0 Å². The second-order valence-corrected chi connectivity index (χ2v) is 4.43. The molecule has 0 aliphatic carbocycles. The first-order chi connectivity index (χ1) is 9.25. The summed E-state index contributed by atoms with van der Waals surface area (Å²) in [5, 5.41) is 3.31. The minimum atomic E-state index is -0.394. The van der Waals surface area contributed by atoms with E-state index < -0.39 is 5.82 Å². The summed E-state index contributed by atoms with van der Waals surface area (Å²) in [4.78, 5) is 0. The summed E-state index contributed by atoms with van der Waals surface area (Å²) in [7, 11) is 0. The smallest absolute Gasteiger partial charge is 0.141 e. The minimum absolute atomic E-state index is 0.148. The van der Waals surface area contributed by atoms with Crippen LogP contribution in [0.25, 0.3) is 0 Å². The Morgan fingerprint density at radius 2 is 1.89 bits per heavy atom. The summed E-state index contributed by atoms with van der Waals surface area (Å²) >= 11 is 5.70. The third kappa shape index (κ3) is 4.40. The molecule has 0 unspecified atom stereocenters. The van der Waals surface area contributed by atoms with Crippen LogP contribution < -0.4 is 5.32 Å². The lowest BCUT2D eigenvalue weighted by molar-refractivity contribution is 0.626. The predicted octanol–water partition coefficient (Wildman–Crippen LogP) is 3.62. The van der Waals surface area contributed by atoms with Crippen molar-refractivity contribution < 1.29 is 4.39 Å². The van der Waals surface area contributed by atoms with Gasteiger partial charge in [-0.1, -0.05) is 47.7 Å². The first-order valence-electron chi connectivity index (χ1n) is 5.94. The van der Waals surface area contributed by atoms with Crippen molar-refractivity contribution in [2.45, 2.75) is 6.54 Å². The maximum absolute atomic E-state index is 13.0. The fraction of sp³-hybridized carbons (Fsp3) is 0.125. The molecule has 0 radical (unpaired) electrons. The molecule has 19 heavy (non-hydrogen) atoms. The zero-order valence-corrected chi connectivity index (χ0v) is 11.0. The third-order valence-electron chi connectivity index (χ3n) is 2.53. The van der Waals surface area contributed by atoms with Crippen molar-refractivity contribution >= 4 is 11.6 Å². The molecule has 0 bridgehead atoms. The number of nitrogens with one attached hydrogen (secondary N) is 1. The van der Waals surface area contributed by atoms with Gasteiger partial charge in [-0.3, -0.25) is 0 Å². The van der Waals surface area contributed by atoms with E-state index in [1.807, 2.05) is 30.3 Å². The van der Waals surface area contributed by atoms with Gasteiger partial charge in [0.05, 0.1) is 11.6 Å². The van der Waals surface area contributed by atoms with E-state index in [0.29, 0.717) is 13.1 Å². The zero-order chi connectivity index (χ0) is 13.5. The van der Waals surface area contributed by atoms with E-state index in [1.165, 1.54) is 6.07 Å². The molecule has 0 amide bonds. The van der Waals surface area contributed by atoms with Crippen molar-refractivity contribution in [1.29, 1.82) is 0 Å². The highest BCUT2D eigenvalue weighted by molar-refractivity contribution is 6.30. The lowest BCUT2D eigenvalue weighted by Gasteiger charge is -2.02. The zero-order valence-electron chi connectivity index (χ0n) is 10.3. The van der Waals surface area contributed by atoms with Crippen molar-refractivity contribution in [3.05, 3.63) is 70.5 Å². The first kappa shape index (κ1) is 13.6. The van der Waals surface area contributed by atoms with E-state index in [-0.39, 0.29) is 5.02 Å². The standard InChI is InChI=1S/C16H13ClFN/c17-15-11-14(8-9-16(15)18)12-19-10-4-7-13-5-2-1-3-6-13/h1-3,5-6,8-9,11,19H,10,12H2. The molecule has 0 fully saturated rings. The molecule has 96 valence electrons. The van der Waals surface area contributed by atoms with Crippen LogP contribution in [0, 0.1) is 17.7 Å². The van der Waals surface area contributed by atoms with Crippen LogP contribution in [-0.4, -0.2) is 6.54 Å². The van der Waals surface area contributed by atoms with Gasteiger partial charge in [0.1, 0.15) is 5.82 Å². The molecule has 0 aliphatic heterocycles. The van der Waals surface area contributed by atoms with Gasteiger partial charge >= 0.3 is 0 Å². The number of hydrogen-bond donors (Lipinski definition) is 1. The number of hydrogen-bond acceptors (Lipinski definition) is 1. The summed E-state index contributed by atoms with van der Waals surface area (Å²) in [6, 6.07) is 14.5.